The number of carbonyl (C=O) groups excluding carboxylic acids is 2. The fraction of sp³-hybridized carbons (Fsp3) is 0.833. The van der Waals surface area contributed by atoms with Crippen LogP contribution in [0.2, 0.25) is 0 Å². The second-order valence-corrected chi connectivity index (χ2v) is 7.38. The normalized spacial score (nSPS) is 23.7. The van der Waals surface area contributed by atoms with Crippen LogP contribution in [-0.4, -0.2) is 59.3 Å². The van der Waals surface area contributed by atoms with E-state index in [1.54, 1.807) is 0 Å². The number of carboxylic acid groups (broad SMARTS) is 1. The van der Waals surface area contributed by atoms with E-state index in [1.807, 2.05) is 0 Å². The molecule has 0 radical (unpaired) electrons. The van der Waals surface area contributed by atoms with Crippen molar-refractivity contribution in [3.05, 3.63) is 0 Å². The van der Waals surface area contributed by atoms with E-state index in [0.29, 0.717) is 13.0 Å². The molecule has 8 heteroatoms. The van der Waals surface area contributed by atoms with Gasteiger partial charge in [0.25, 0.3) is 0 Å². The van der Waals surface area contributed by atoms with Crippen LogP contribution in [0.25, 0.3) is 0 Å². The number of alkyl halides is 1. The summed E-state index contributed by atoms with van der Waals surface area (Å²) in [6.07, 6.45) is 8.03. The third-order valence-corrected chi connectivity index (χ3v) is 5.25. The van der Waals surface area contributed by atoms with Gasteiger partial charge >= 0.3 is 12.0 Å². The lowest BCUT2D eigenvalue weighted by Crippen LogP contribution is -2.43. The summed E-state index contributed by atoms with van der Waals surface area (Å²) in [5.41, 5.74) is -2.30. The van der Waals surface area contributed by atoms with Crippen molar-refractivity contribution in [1.29, 1.82) is 0 Å². The zero-order valence-corrected chi connectivity index (χ0v) is 15.3. The fourth-order valence-corrected chi connectivity index (χ4v) is 3.58. The molecular formula is C18H30FN3O4. The predicted octanol–water partition coefficient (Wildman–Crippen LogP) is 2.20. The van der Waals surface area contributed by atoms with Gasteiger partial charge in [0, 0.05) is 32.0 Å². The van der Waals surface area contributed by atoms with Gasteiger partial charge in [-0.25, -0.2) is 14.0 Å². The molecule has 1 saturated carbocycles. The van der Waals surface area contributed by atoms with E-state index in [1.165, 1.54) is 24.2 Å². The zero-order valence-electron chi connectivity index (χ0n) is 15.3. The fourth-order valence-electron chi connectivity index (χ4n) is 3.58. The number of carboxylic acids is 1. The van der Waals surface area contributed by atoms with Gasteiger partial charge in [0.05, 0.1) is 6.54 Å². The van der Waals surface area contributed by atoms with Crippen molar-refractivity contribution in [2.45, 2.75) is 75.9 Å². The number of amides is 3. The molecule has 3 amide bonds. The Bertz CT molecular complexity index is 511. The predicted molar refractivity (Wildman–Crippen MR) is 94.5 cm³/mol. The molecule has 1 heterocycles. The average molecular weight is 371 g/mol. The number of rotatable bonds is 8. The number of halogens is 1. The van der Waals surface area contributed by atoms with E-state index in [2.05, 4.69) is 10.6 Å². The van der Waals surface area contributed by atoms with E-state index >= 15 is 0 Å². The molecule has 3 N–H and O–H groups in total. The molecule has 2 aliphatic rings. The molecule has 2 fully saturated rings. The molecule has 0 aromatic carbocycles. The molecule has 26 heavy (non-hydrogen) atoms. The molecule has 0 bridgehead atoms. The highest BCUT2D eigenvalue weighted by atomic mass is 19.1. The Morgan fingerprint density at radius 1 is 1.12 bits per heavy atom. The third-order valence-electron chi connectivity index (χ3n) is 5.25. The van der Waals surface area contributed by atoms with Crippen LogP contribution in [0.15, 0.2) is 0 Å². The lowest BCUT2D eigenvalue weighted by atomic mass is 9.96. The monoisotopic (exact) mass is 371 g/mol. The van der Waals surface area contributed by atoms with Crippen molar-refractivity contribution in [3.8, 4) is 0 Å². The maximum absolute atomic E-state index is 13.9. The van der Waals surface area contributed by atoms with Crippen LogP contribution in [0.5, 0.6) is 0 Å². The van der Waals surface area contributed by atoms with Crippen LogP contribution < -0.4 is 10.6 Å². The van der Waals surface area contributed by atoms with Crippen LogP contribution in [-0.2, 0) is 9.59 Å². The number of hydrogen-bond donors (Lipinski definition) is 3. The van der Waals surface area contributed by atoms with Crippen molar-refractivity contribution < 1.29 is 23.9 Å². The highest BCUT2D eigenvalue weighted by molar-refractivity contribution is 5.82. The first-order valence-electron chi connectivity index (χ1n) is 9.65. The summed E-state index contributed by atoms with van der Waals surface area (Å²) < 4.78 is 13.9. The Hall–Kier alpha value is -1.86. The van der Waals surface area contributed by atoms with Gasteiger partial charge in [-0.2, -0.15) is 0 Å². The van der Waals surface area contributed by atoms with Crippen molar-refractivity contribution in [3.63, 3.8) is 0 Å². The number of aliphatic carboxylic acids is 1. The number of carbonyl (C=O) groups is 3. The molecule has 2 rings (SSSR count). The van der Waals surface area contributed by atoms with Crippen molar-refractivity contribution >= 4 is 17.9 Å². The Morgan fingerprint density at radius 3 is 2.50 bits per heavy atom. The van der Waals surface area contributed by atoms with E-state index in [-0.39, 0.29) is 43.9 Å². The first kappa shape index (κ1) is 20.5. The van der Waals surface area contributed by atoms with Crippen LogP contribution in [0, 0.1) is 0 Å². The summed E-state index contributed by atoms with van der Waals surface area (Å²) in [6.45, 7) is 0.359. The number of urea groups is 1. The Balaban J connectivity index is 1.50. The van der Waals surface area contributed by atoms with Gasteiger partial charge in [0.2, 0.25) is 11.6 Å². The molecule has 0 spiro atoms. The number of nitrogens with zero attached hydrogens (tertiary/aromatic N) is 1. The summed E-state index contributed by atoms with van der Waals surface area (Å²) in [4.78, 5) is 35.9. The summed E-state index contributed by atoms with van der Waals surface area (Å²) in [5.74, 6) is -1.70. The number of unbranched alkanes of at least 4 members (excludes halogenated alkanes) is 2. The molecule has 1 saturated heterocycles. The first-order chi connectivity index (χ1) is 12.4. The average Bonchev–Trinajstić information content (AvgIpc) is 3.02. The number of hydrogen-bond acceptors (Lipinski definition) is 3. The van der Waals surface area contributed by atoms with E-state index < -0.39 is 11.6 Å². The molecule has 1 aliphatic heterocycles. The van der Waals surface area contributed by atoms with Crippen molar-refractivity contribution in [2.24, 2.45) is 0 Å². The lowest BCUT2D eigenvalue weighted by molar-refractivity contribution is -0.150. The molecule has 0 aromatic rings. The smallest absolute Gasteiger partial charge is 0.343 e. The lowest BCUT2D eigenvalue weighted by Gasteiger charge is -2.22. The Labute approximate surface area is 153 Å². The Kier molecular flexibility index (Phi) is 7.66. The highest BCUT2D eigenvalue weighted by Gasteiger charge is 2.46. The maximum Gasteiger partial charge on any atom is 0.343 e. The van der Waals surface area contributed by atoms with Crippen LogP contribution in [0.3, 0.4) is 0 Å². The quantitative estimate of drug-likeness (QED) is 0.570. The molecule has 0 aromatic heterocycles. The highest BCUT2D eigenvalue weighted by Crippen LogP contribution is 2.26. The summed E-state index contributed by atoms with van der Waals surface area (Å²) in [6, 6.07) is 0.160. The topological polar surface area (TPSA) is 98.7 Å². The molecule has 148 valence electrons. The number of nitrogens with one attached hydrogen (secondary N) is 2. The summed E-state index contributed by atoms with van der Waals surface area (Å²) >= 11 is 0. The maximum atomic E-state index is 13.9. The molecule has 1 atom stereocenters. The van der Waals surface area contributed by atoms with Gasteiger partial charge in [-0.05, 0) is 25.7 Å². The second-order valence-electron chi connectivity index (χ2n) is 7.38. The van der Waals surface area contributed by atoms with Gasteiger partial charge < -0.3 is 20.6 Å². The molecule has 1 aliphatic carbocycles. The first-order valence-corrected chi connectivity index (χ1v) is 9.65. The van der Waals surface area contributed by atoms with E-state index in [0.717, 1.165) is 25.7 Å². The molecule has 7 nitrogen and oxygen atoms in total. The minimum absolute atomic E-state index is 0.127. The SMILES string of the molecule is O=C(NCCCCCC(=O)N1CCC(F)(C(=O)O)C1)NC1CCCCC1. The minimum Gasteiger partial charge on any atom is -0.479 e. The second kappa shape index (κ2) is 9.73. The summed E-state index contributed by atoms with van der Waals surface area (Å²) in [7, 11) is 0. The van der Waals surface area contributed by atoms with Crippen LogP contribution in [0.4, 0.5) is 9.18 Å². The van der Waals surface area contributed by atoms with Gasteiger partial charge in [-0.1, -0.05) is 25.7 Å². The van der Waals surface area contributed by atoms with Crippen LogP contribution in [0.1, 0.15) is 64.2 Å². The van der Waals surface area contributed by atoms with Gasteiger partial charge in [0.1, 0.15) is 0 Å². The standard InChI is InChI=1S/C18H30FN3O4/c19-18(16(24)25)10-12-22(13-18)15(23)9-5-2-6-11-20-17(26)21-14-7-3-1-4-8-14/h14H,1-13H2,(H,24,25)(H2,20,21,26). The number of likely N-dealkylation sites (tertiary alicyclic amines) is 1. The van der Waals surface area contributed by atoms with E-state index in [9.17, 15) is 18.8 Å². The van der Waals surface area contributed by atoms with Crippen LogP contribution >= 0.6 is 0 Å². The third kappa shape index (κ3) is 6.14. The van der Waals surface area contributed by atoms with Gasteiger partial charge in [-0.15, -0.1) is 0 Å². The Morgan fingerprint density at radius 2 is 1.85 bits per heavy atom. The zero-order chi connectivity index (χ0) is 19.0. The van der Waals surface area contributed by atoms with Gasteiger partial charge in [-0.3, -0.25) is 4.79 Å². The largest absolute Gasteiger partial charge is 0.479 e. The minimum atomic E-state index is -2.30. The van der Waals surface area contributed by atoms with Gasteiger partial charge in [0.15, 0.2) is 0 Å². The van der Waals surface area contributed by atoms with Crippen molar-refractivity contribution in [1.82, 2.24) is 15.5 Å². The summed E-state index contributed by atoms with van der Waals surface area (Å²) in [5, 5.41) is 14.7. The van der Waals surface area contributed by atoms with Crippen molar-refractivity contribution in [2.75, 3.05) is 19.6 Å². The molecular weight excluding hydrogens is 341 g/mol. The molecule has 1 unspecified atom stereocenters. The van der Waals surface area contributed by atoms with E-state index in [4.69, 9.17) is 5.11 Å².